The molecule has 1 saturated heterocycles. The number of thiazole rings is 1. The summed E-state index contributed by atoms with van der Waals surface area (Å²) in [5, 5.41) is 4.54. The normalized spacial score (nSPS) is 23.8. The maximum atomic E-state index is 4.49. The minimum Gasteiger partial charge on any atom is -0.319 e. The van der Waals surface area contributed by atoms with Gasteiger partial charge < -0.3 is 5.32 Å². The van der Waals surface area contributed by atoms with Crippen molar-refractivity contribution in [3.63, 3.8) is 0 Å². The van der Waals surface area contributed by atoms with Gasteiger partial charge >= 0.3 is 0 Å². The van der Waals surface area contributed by atoms with Crippen LogP contribution in [-0.2, 0) is 0 Å². The molecule has 0 aromatic carbocycles. The fourth-order valence-corrected chi connectivity index (χ4v) is 3.25. The predicted octanol–water partition coefficient (Wildman–Crippen LogP) is 2.05. The van der Waals surface area contributed by atoms with Gasteiger partial charge in [0.05, 0.1) is 6.04 Å². The van der Waals surface area contributed by atoms with E-state index in [2.05, 4.69) is 29.0 Å². The van der Waals surface area contributed by atoms with Gasteiger partial charge in [-0.1, -0.05) is 0 Å². The van der Waals surface area contributed by atoms with Crippen LogP contribution < -0.4 is 5.32 Å². The first kappa shape index (κ1) is 12.0. The number of aryl methyl sites for hydroxylation is 1. The molecule has 0 radical (unpaired) electrons. The molecule has 2 atom stereocenters. The fourth-order valence-electron chi connectivity index (χ4n) is 2.39. The predicted molar refractivity (Wildman–Crippen MR) is 68.9 cm³/mol. The van der Waals surface area contributed by atoms with Gasteiger partial charge in [-0.05, 0) is 46.3 Å². The van der Waals surface area contributed by atoms with E-state index in [1.165, 1.54) is 29.4 Å². The molecule has 2 unspecified atom stereocenters. The van der Waals surface area contributed by atoms with Crippen molar-refractivity contribution in [2.45, 2.75) is 26.3 Å². The number of rotatable bonds is 4. The van der Waals surface area contributed by atoms with E-state index in [0.717, 1.165) is 12.5 Å². The van der Waals surface area contributed by atoms with Crippen molar-refractivity contribution in [2.24, 2.45) is 5.92 Å². The fraction of sp³-hybridized carbons (Fsp3) is 0.750. The second-order valence-corrected chi connectivity index (χ2v) is 5.96. The summed E-state index contributed by atoms with van der Waals surface area (Å²) >= 11 is 1.83. The minimum absolute atomic E-state index is 0.487. The SMILES string of the molecule is CNCC1CCN(C(C)c2ncc(C)s2)C1. The molecule has 1 aromatic heterocycles. The molecular weight excluding hydrogens is 218 g/mol. The van der Waals surface area contributed by atoms with Crippen molar-refractivity contribution < 1.29 is 0 Å². The van der Waals surface area contributed by atoms with E-state index in [9.17, 15) is 0 Å². The Labute approximate surface area is 102 Å². The summed E-state index contributed by atoms with van der Waals surface area (Å²) in [7, 11) is 2.04. The molecule has 16 heavy (non-hydrogen) atoms. The number of nitrogens with zero attached hydrogens (tertiary/aromatic N) is 2. The van der Waals surface area contributed by atoms with Crippen LogP contribution in [0.4, 0.5) is 0 Å². The van der Waals surface area contributed by atoms with Gasteiger partial charge in [0, 0.05) is 17.6 Å². The van der Waals surface area contributed by atoms with Crippen molar-refractivity contribution >= 4 is 11.3 Å². The van der Waals surface area contributed by atoms with Gasteiger partial charge in [-0.2, -0.15) is 0 Å². The van der Waals surface area contributed by atoms with Crippen molar-refractivity contribution in [1.29, 1.82) is 0 Å². The lowest BCUT2D eigenvalue weighted by molar-refractivity contribution is 0.251. The summed E-state index contributed by atoms with van der Waals surface area (Å²) in [5.41, 5.74) is 0. The first-order valence-corrected chi connectivity index (χ1v) is 6.83. The third-order valence-corrected chi connectivity index (χ3v) is 4.44. The number of aromatic nitrogens is 1. The molecule has 0 aliphatic carbocycles. The Hall–Kier alpha value is -0.450. The number of hydrogen-bond donors (Lipinski definition) is 1. The lowest BCUT2D eigenvalue weighted by Crippen LogP contribution is -2.27. The van der Waals surface area contributed by atoms with Gasteiger partial charge in [0.2, 0.25) is 0 Å². The standard InChI is InChI=1S/C12H21N3S/c1-9-6-14-12(16-9)10(2)15-5-4-11(8-15)7-13-3/h6,10-11,13H,4-5,7-8H2,1-3H3. The molecule has 1 aliphatic heterocycles. The average Bonchev–Trinajstić information content (AvgIpc) is 2.87. The molecule has 0 saturated carbocycles. The van der Waals surface area contributed by atoms with Gasteiger partial charge in [0.25, 0.3) is 0 Å². The van der Waals surface area contributed by atoms with Gasteiger partial charge in [-0.3, -0.25) is 4.90 Å². The van der Waals surface area contributed by atoms with Crippen LogP contribution in [0.15, 0.2) is 6.20 Å². The zero-order valence-electron chi connectivity index (χ0n) is 10.4. The zero-order valence-corrected chi connectivity index (χ0v) is 11.2. The third-order valence-electron chi connectivity index (χ3n) is 3.35. The molecule has 1 fully saturated rings. The van der Waals surface area contributed by atoms with E-state index >= 15 is 0 Å². The Balaban J connectivity index is 1.94. The molecule has 1 N–H and O–H groups in total. The van der Waals surface area contributed by atoms with E-state index < -0.39 is 0 Å². The van der Waals surface area contributed by atoms with Gasteiger partial charge in [-0.25, -0.2) is 4.98 Å². The Kier molecular flexibility index (Phi) is 3.95. The van der Waals surface area contributed by atoms with Crippen LogP contribution >= 0.6 is 11.3 Å². The first-order chi connectivity index (χ1) is 7.70. The molecule has 2 rings (SSSR count). The number of likely N-dealkylation sites (tertiary alicyclic amines) is 1. The molecular formula is C12H21N3S. The summed E-state index contributed by atoms with van der Waals surface area (Å²) in [5.74, 6) is 0.813. The van der Waals surface area contributed by atoms with E-state index in [1.807, 2.05) is 24.6 Å². The highest BCUT2D eigenvalue weighted by atomic mass is 32.1. The van der Waals surface area contributed by atoms with Crippen LogP contribution in [0.3, 0.4) is 0 Å². The average molecular weight is 239 g/mol. The van der Waals surface area contributed by atoms with E-state index in [4.69, 9.17) is 0 Å². The smallest absolute Gasteiger partial charge is 0.110 e. The Bertz CT molecular complexity index is 337. The minimum atomic E-state index is 0.487. The van der Waals surface area contributed by atoms with Gasteiger partial charge in [0.1, 0.15) is 5.01 Å². The molecule has 90 valence electrons. The second kappa shape index (κ2) is 5.25. The Morgan fingerprint density at radius 1 is 1.69 bits per heavy atom. The quantitative estimate of drug-likeness (QED) is 0.871. The molecule has 3 nitrogen and oxygen atoms in total. The monoisotopic (exact) mass is 239 g/mol. The van der Waals surface area contributed by atoms with Crippen LogP contribution in [0.1, 0.15) is 29.3 Å². The van der Waals surface area contributed by atoms with Crippen molar-refractivity contribution in [3.05, 3.63) is 16.1 Å². The van der Waals surface area contributed by atoms with Gasteiger partial charge in [0.15, 0.2) is 0 Å². The lowest BCUT2D eigenvalue weighted by Gasteiger charge is -2.22. The van der Waals surface area contributed by atoms with Gasteiger partial charge in [-0.15, -0.1) is 11.3 Å². The summed E-state index contributed by atoms with van der Waals surface area (Å²) in [6, 6.07) is 0.487. The van der Waals surface area contributed by atoms with Crippen LogP contribution in [0, 0.1) is 12.8 Å². The maximum Gasteiger partial charge on any atom is 0.110 e. The van der Waals surface area contributed by atoms with Crippen LogP contribution in [0.25, 0.3) is 0 Å². The zero-order chi connectivity index (χ0) is 11.5. The number of nitrogens with one attached hydrogen (secondary N) is 1. The second-order valence-electron chi connectivity index (χ2n) is 4.69. The van der Waals surface area contributed by atoms with Crippen molar-refractivity contribution in [1.82, 2.24) is 15.2 Å². The van der Waals surface area contributed by atoms with Crippen molar-refractivity contribution in [2.75, 3.05) is 26.7 Å². The van der Waals surface area contributed by atoms with E-state index in [0.29, 0.717) is 6.04 Å². The summed E-state index contributed by atoms with van der Waals surface area (Å²) in [4.78, 5) is 8.36. The summed E-state index contributed by atoms with van der Waals surface area (Å²) in [6.45, 7) is 7.97. The van der Waals surface area contributed by atoms with E-state index in [-0.39, 0.29) is 0 Å². The summed E-state index contributed by atoms with van der Waals surface area (Å²) in [6.07, 6.45) is 3.30. The van der Waals surface area contributed by atoms with Crippen LogP contribution in [0.5, 0.6) is 0 Å². The number of hydrogen-bond acceptors (Lipinski definition) is 4. The first-order valence-electron chi connectivity index (χ1n) is 6.01. The molecule has 2 heterocycles. The molecule has 0 spiro atoms. The molecule has 0 bridgehead atoms. The third kappa shape index (κ3) is 2.62. The lowest BCUT2D eigenvalue weighted by atomic mass is 10.1. The highest BCUT2D eigenvalue weighted by Gasteiger charge is 2.27. The largest absolute Gasteiger partial charge is 0.319 e. The Morgan fingerprint density at radius 2 is 2.50 bits per heavy atom. The van der Waals surface area contributed by atoms with Crippen molar-refractivity contribution in [3.8, 4) is 0 Å². The molecule has 0 amide bonds. The summed E-state index contributed by atoms with van der Waals surface area (Å²) < 4.78 is 0. The van der Waals surface area contributed by atoms with E-state index in [1.54, 1.807) is 0 Å². The Morgan fingerprint density at radius 3 is 3.12 bits per heavy atom. The highest BCUT2D eigenvalue weighted by Crippen LogP contribution is 2.29. The molecule has 1 aromatic rings. The maximum absolute atomic E-state index is 4.49. The molecule has 4 heteroatoms. The van der Waals surface area contributed by atoms with Crippen LogP contribution in [0.2, 0.25) is 0 Å². The highest BCUT2D eigenvalue weighted by molar-refractivity contribution is 7.11. The topological polar surface area (TPSA) is 28.2 Å². The van der Waals surface area contributed by atoms with Crippen LogP contribution in [-0.4, -0.2) is 36.6 Å². The molecule has 1 aliphatic rings.